The van der Waals surface area contributed by atoms with Crippen LogP contribution in [0.4, 0.5) is 14.5 Å². The number of hydrogen-bond donors (Lipinski definition) is 1. The molecule has 0 saturated heterocycles. The molecular formula is C16H13F2NO2S. The lowest BCUT2D eigenvalue weighted by Crippen LogP contribution is -2.14. The maximum absolute atomic E-state index is 13.4. The first-order chi connectivity index (χ1) is 10.5. The Bertz CT molecular complexity index is 719. The molecule has 1 amide bonds. The minimum atomic E-state index is -0.698. The van der Waals surface area contributed by atoms with Crippen LogP contribution >= 0.6 is 11.8 Å². The van der Waals surface area contributed by atoms with E-state index >= 15 is 0 Å². The smallest absolute Gasteiger partial charge is 0.234 e. The minimum Gasteiger partial charge on any atom is -0.325 e. The zero-order valence-electron chi connectivity index (χ0n) is 11.7. The summed E-state index contributed by atoms with van der Waals surface area (Å²) in [5.41, 5.74) is 0.993. The Kier molecular flexibility index (Phi) is 5.27. The van der Waals surface area contributed by atoms with Crippen LogP contribution in [-0.2, 0) is 4.79 Å². The molecule has 0 radical (unpaired) electrons. The predicted molar refractivity (Wildman–Crippen MR) is 82.2 cm³/mol. The van der Waals surface area contributed by atoms with E-state index in [1.807, 2.05) is 0 Å². The van der Waals surface area contributed by atoms with Gasteiger partial charge in [0.15, 0.2) is 5.78 Å². The van der Waals surface area contributed by atoms with Gasteiger partial charge in [-0.1, -0.05) is 12.1 Å². The van der Waals surface area contributed by atoms with Crippen molar-refractivity contribution in [3.63, 3.8) is 0 Å². The van der Waals surface area contributed by atoms with Gasteiger partial charge in [-0.2, -0.15) is 0 Å². The van der Waals surface area contributed by atoms with Gasteiger partial charge in [0.1, 0.15) is 11.6 Å². The molecule has 2 rings (SSSR count). The highest BCUT2D eigenvalue weighted by atomic mass is 32.2. The van der Waals surface area contributed by atoms with Crippen LogP contribution in [0.2, 0.25) is 0 Å². The molecule has 0 saturated carbocycles. The highest BCUT2D eigenvalue weighted by Gasteiger charge is 2.09. The van der Waals surface area contributed by atoms with E-state index in [0.29, 0.717) is 11.3 Å². The van der Waals surface area contributed by atoms with E-state index in [-0.39, 0.29) is 22.3 Å². The van der Waals surface area contributed by atoms with Crippen LogP contribution in [0.1, 0.15) is 17.3 Å². The molecule has 22 heavy (non-hydrogen) atoms. The summed E-state index contributed by atoms with van der Waals surface area (Å²) in [7, 11) is 0. The van der Waals surface area contributed by atoms with Gasteiger partial charge in [0.05, 0.1) is 5.75 Å². The SMILES string of the molecule is CC(=O)c1cccc(NC(=O)CSc2ccc(F)cc2F)c1. The number of halogens is 2. The lowest BCUT2D eigenvalue weighted by atomic mass is 10.1. The number of benzene rings is 2. The third kappa shape index (κ3) is 4.39. The molecule has 0 unspecified atom stereocenters. The third-order valence-electron chi connectivity index (χ3n) is 2.81. The molecule has 0 fully saturated rings. The minimum absolute atomic E-state index is 0.0210. The maximum Gasteiger partial charge on any atom is 0.234 e. The summed E-state index contributed by atoms with van der Waals surface area (Å²) >= 11 is 0.973. The summed E-state index contributed by atoms with van der Waals surface area (Å²) in [5.74, 6) is -1.82. The van der Waals surface area contributed by atoms with Crippen molar-refractivity contribution in [2.75, 3.05) is 11.1 Å². The summed E-state index contributed by atoms with van der Waals surface area (Å²) in [6.07, 6.45) is 0. The van der Waals surface area contributed by atoms with Gasteiger partial charge in [-0.3, -0.25) is 9.59 Å². The molecule has 0 aliphatic rings. The molecule has 0 bridgehead atoms. The van der Waals surface area contributed by atoms with E-state index in [9.17, 15) is 18.4 Å². The van der Waals surface area contributed by atoms with E-state index in [1.54, 1.807) is 24.3 Å². The quantitative estimate of drug-likeness (QED) is 0.671. The monoisotopic (exact) mass is 321 g/mol. The van der Waals surface area contributed by atoms with Crippen molar-refractivity contribution in [2.45, 2.75) is 11.8 Å². The Balaban J connectivity index is 1.95. The predicted octanol–water partition coefficient (Wildman–Crippen LogP) is 3.90. The number of thioether (sulfide) groups is 1. The van der Waals surface area contributed by atoms with Crippen LogP contribution in [0.15, 0.2) is 47.4 Å². The van der Waals surface area contributed by atoms with Crippen LogP contribution in [0.25, 0.3) is 0 Å². The Morgan fingerprint density at radius 3 is 2.59 bits per heavy atom. The molecule has 1 N–H and O–H groups in total. The second kappa shape index (κ2) is 7.17. The Morgan fingerprint density at radius 1 is 1.14 bits per heavy atom. The van der Waals surface area contributed by atoms with Gasteiger partial charge in [-0.05, 0) is 31.2 Å². The van der Waals surface area contributed by atoms with Gasteiger partial charge >= 0.3 is 0 Å². The number of nitrogens with one attached hydrogen (secondary N) is 1. The lowest BCUT2D eigenvalue weighted by molar-refractivity contribution is -0.113. The van der Waals surface area contributed by atoms with E-state index in [0.717, 1.165) is 23.9 Å². The zero-order valence-corrected chi connectivity index (χ0v) is 12.5. The van der Waals surface area contributed by atoms with Crippen molar-refractivity contribution >= 4 is 29.1 Å². The van der Waals surface area contributed by atoms with Crippen LogP contribution in [0.3, 0.4) is 0 Å². The van der Waals surface area contributed by atoms with Crippen molar-refractivity contribution < 1.29 is 18.4 Å². The van der Waals surface area contributed by atoms with Gasteiger partial charge in [-0.25, -0.2) is 8.78 Å². The van der Waals surface area contributed by atoms with Gasteiger partial charge < -0.3 is 5.32 Å². The Morgan fingerprint density at radius 2 is 1.91 bits per heavy atom. The largest absolute Gasteiger partial charge is 0.325 e. The number of rotatable bonds is 5. The Hall–Kier alpha value is -2.21. The fourth-order valence-corrected chi connectivity index (χ4v) is 2.47. The fraction of sp³-hybridized carbons (Fsp3) is 0.125. The number of amides is 1. The maximum atomic E-state index is 13.4. The molecule has 114 valence electrons. The molecule has 0 heterocycles. The molecule has 0 aliphatic heterocycles. The van der Waals surface area contributed by atoms with Crippen LogP contribution in [0.5, 0.6) is 0 Å². The summed E-state index contributed by atoms with van der Waals surface area (Å²) < 4.78 is 26.2. The number of carbonyl (C=O) groups is 2. The number of hydrogen-bond acceptors (Lipinski definition) is 3. The molecule has 0 spiro atoms. The summed E-state index contributed by atoms with van der Waals surface area (Å²) in [5, 5.41) is 2.63. The van der Waals surface area contributed by atoms with Crippen molar-refractivity contribution in [1.82, 2.24) is 0 Å². The van der Waals surface area contributed by atoms with E-state index in [2.05, 4.69) is 5.32 Å². The number of anilines is 1. The van der Waals surface area contributed by atoms with Crippen molar-refractivity contribution in [3.05, 3.63) is 59.7 Å². The third-order valence-corrected chi connectivity index (χ3v) is 3.85. The molecule has 3 nitrogen and oxygen atoms in total. The molecule has 6 heteroatoms. The van der Waals surface area contributed by atoms with Crippen molar-refractivity contribution in [3.8, 4) is 0 Å². The molecule has 2 aromatic carbocycles. The van der Waals surface area contributed by atoms with E-state index in [4.69, 9.17) is 0 Å². The fourth-order valence-electron chi connectivity index (χ4n) is 1.75. The zero-order chi connectivity index (χ0) is 16.1. The summed E-state index contributed by atoms with van der Waals surface area (Å²) in [6, 6.07) is 9.76. The molecule has 0 aliphatic carbocycles. The second-order valence-electron chi connectivity index (χ2n) is 4.55. The van der Waals surface area contributed by atoms with E-state index in [1.165, 1.54) is 13.0 Å². The van der Waals surface area contributed by atoms with Gasteiger partial charge in [0.25, 0.3) is 0 Å². The van der Waals surface area contributed by atoms with Gasteiger partial charge in [0.2, 0.25) is 5.91 Å². The normalized spacial score (nSPS) is 10.3. The van der Waals surface area contributed by atoms with Crippen molar-refractivity contribution in [1.29, 1.82) is 0 Å². The molecular weight excluding hydrogens is 308 g/mol. The average Bonchev–Trinajstić information content (AvgIpc) is 2.46. The first-order valence-corrected chi connectivity index (χ1v) is 7.43. The number of ketones is 1. The van der Waals surface area contributed by atoms with E-state index < -0.39 is 11.6 Å². The number of carbonyl (C=O) groups excluding carboxylic acids is 2. The summed E-state index contributed by atoms with van der Waals surface area (Å²) in [6.45, 7) is 1.44. The average molecular weight is 321 g/mol. The second-order valence-corrected chi connectivity index (χ2v) is 5.57. The standard InChI is InChI=1S/C16H13F2NO2S/c1-10(20)11-3-2-4-13(7-11)19-16(21)9-22-15-6-5-12(17)8-14(15)18/h2-8H,9H2,1H3,(H,19,21). The molecule has 2 aromatic rings. The molecule has 0 atom stereocenters. The summed E-state index contributed by atoms with van der Waals surface area (Å²) in [4.78, 5) is 23.3. The van der Waals surface area contributed by atoms with Crippen molar-refractivity contribution in [2.24, 2.45) is 0 Å². The van der Waals surface area contributed by atoms with Crippen LogP contribution in [-0.4, -0.2) is 17.4 Å². The Labute approximate surface area is 130 Å². The first-order valence-electron chi connectivity index (χ1n) is 6.44. The lowest BCUT2D eigenvalue weighted by Gasteiger charge is -2.07. The highest BCUT2D eigenvalue weighted by Crippen LogP contribution is 2.22. The first kappa shape index (κ1) is 16.2. The van der Waals surface area contributed by atoms with Gasteiger partial charge in [-0.15, -0.1) is 11.8 Å². The van der Waals surface area contributed by atoms with Crippen LogP contribution < -0.4 is 5.32 Å². The molecule has 0 aromatic heterocycles. The number of Topliss-reactive ketones (excluding diaryl/α,β-unsaturated/α-hetero) is 1. The highest BCUT2D eigenvalue weighted by molar-refractivity contribution is 8.00. The van der Waals surface area contributed by atoms with Gasteiger partial charge in [0, 0.05) is 22.2 Å². The topological polar surface area (TPSA) is 46.2 Å². The van der Waals surface area contributed by atoms with Crippen LogP contribution in [0, 0.1) is 11.6 Å².